The molecule has 1 rings (SSSR count). The molecule has 1 aliphatic rings. The van der Waals surface area contributed by atoms with Crippen molar-refractivity contribution in [3.63, 3.8) is 0 Å². The highest BCUT2D eigenvalue weighted by atomic mass is 14.7. The minimum Gasteiger partial charge on any atom is -0.260 e. The van der Waals surface area contributed by atoms with Crippen molar-refractivity contribution in [2.24, 2.45) is 4.99 Å². The maximum Gasteiger partial charge on any atom is 0.0694 e. The number of hydrogen-bond acceptors (Lipinski definition) is 1. The molecule has 0 atom stereocenters. The van der Waals surface area contributed by atoms with Crippen LogP contribution in [0.4, 0.5) is 0 Å². The van der Waals surface area contributed by atoms with Gasteiger partial charge in [0.2, 0.25) is 0 Å². The molecule has 0 aromatic rings. The van der Waals surface area contributed by atoms with Crippen molar-refractivity contribution < 1.29 is 0 Å². The summed E-state index contributed by atoms with van der Waals surface area (Å²) in [6.45, 7) is 12.0. The molecule has 1 heteroatoms. The molecule has 0 spiro atoms. The molecule has 1 nitrogen and oxygen atoms in total. The maximum atomic E-state index is 4.33. The molecule has 1 aliphatic heterocycles. The monoisotopic (exact) mass is 203 g/mol. The summed E-state index contributed by atoms with van der Waals surface area (Å²) in [5, 5.41) is 0. The zero-order valence-electron chi connectivity index (χ0n) is 10.2. The molecule has 82 valence electrons. The van der Waals surface area contributed by atoms with Crippen molar-refractivity contribution in [3.05, 3.63) is 47.7 Å². The molecule has 0 fully saturated rings. The third-order valence-electron chi connectivity index (χ3n) is 1.94. The Kier molecular flexibility index (Phi) is 7.25. The van der Waals surface area contributed by atoms with Gasteiger partial charge in [-0.3, -0.25) is 4.99 Å². The topological polar surface area (TPSA) is 12.4 Å². The minimum absolute atomic E-state index is 0.894. The molecule has 1 heterocycles. The number of nitrogens with zero attached hydrogens (tertiary/aromatic N) is 1. The van der Waals surface area contributed by atoms with E-state index < -0.39 is 0 Å². The van der Waals surface area contributed by atoms with Crippen molar-refractivity contribution in [2.75, 3.05) is 0 Å². The van der Waals surface area contributed by atoms with Gasteiger partial charge in [-0.05, 0) is 25.5 Å². The fourth-order valence-corrected chi connectivity index (χ4v) is 1.02. The Hall–Kier alpha value is -1.37. The molecule has 15 heavy (non-hydrogen) atoms. The van der Waals surface area contributed by atoms with Crippen LogP contribution in [0.15, 0.2) is 52.7 Å². The third kappa shape index (κ3) is 5.16. The Balaban J connectivity index is 0.000000921. The molecule has 0 N–H and O–H groups in total. The number of aliphatic imine (C=N–C) groups is 1. The lowest BCUT2D eigenvalue weighted by molar-refractivity contribution is 1.33. The molecule has 0 aromatic carbocycles. The highest BCUT2D eigenvalue weighted by molar-refractivity contribution is 5.65. The summed E-state index contributed by atoms with van der Waals surface area (Å²) in [5.41, 5.74) is 3.16. The van der Waals surface area contributed by atoms with E-state index in [1.165, 1.54) is 5.57 Å². The van der Waals surface area contributed by atoms with Gasteiger partial charge in [0.05, 0.1) is 5.70 Å². The van der Waals surface area contributed by atoms with Gasteiger partial charge in [0, 0.05) is 12.6 Å². The van der Waals surface area contributed by atoms with Crippen LogP contribution >= 0.6 is 0 Å². The first-order valence-electron chi connectivity index (χ1n) is 5.47. The van der Waals surface area contributed by atoms with Crippen LogP contribution in [0, 0.1) is 0 Å². The summed E-state index contributed by atoms with van der Waals surface area (Å²) < 4.78 is 0. The first-order chi connectivity index (χ1) is 7.24. The van der Waals surface area contributed by atoms with Crippen LogP contribution < -0.4 is 0 Å². The number of rotatable bonds is 1. The van der Waals surface area contributed by atoms with E-state index in [2.05, 4.69) is 36.7 Å². The fraction of sp³-hybridized carbons (Fsp3) is 0.357. The first-order valence-corrected chi connectivity index (χ1v) is 5.47. The molecule has 0 bridgehead atoms. The first kappa shape index (κ1) is 13.6. The standard InChI is InChI=1S/C12H15N.C2H6/c1-4-10(2)9-12-11(3)7-5-6-8-13-12;1-2/h4-5,7-9H,3,6H2,1-2H3;1-2H3/b10-4-,12-9+;. The van der Waals surface area contributed by atoms with Crippen LogP contribution in [0.1, 0.15) is 34.1 Å². The quantitative estimate of drug-likeness (QED) is 0.597. The highest BCUT2D eigenvalue weighted by Crippen LogP contribution is 2.15. The Labute approximate surface area is 93.6 Å². The predicted molar refractivity (Wildman–Crippen MR) is 70.3 cm³/mol. The van der Waals surface area contributed by atoms with Gasteiger partial charge < -0.3 is 0 Å². The Bertz CT molecular complexity index is 314. The van der Waals surface area contributed by atoms with Crippen LogP contribution in [0.25, 0.3) is 0 Å². The SMILES string of the molecule is C=C1C=CCC=N/C1=C/C(C)=C\C.CC. The lowest BCUT2D eigenvalue weighted by atomic mass is 10.1. The van der Waals surface area contributed by atoms with E-state index in [0.29, 0.717) is 0 Å². The molecule has 0 saturated carbocycles. The summed E-state index contributed by atoms with van der Waals surface area (Å²) in [6.07, 6.45) is 11.0. The molecule has 0 aliphatic carbocycles. The normalized spacial score (nSPS) is 18.5. The molecular weight excluding hydrogens is 182 g/mol. The van der Waals surface area contributed by atoms with E-state index in [4.69, 9.17) is 0 Å². The van der Waals surface area contributed by atoms with Crippen molar-refractivity contribution in [1.82, 2.24) is 0 Å². The van der Waals surface area contributed by atoms with E-state index in [-0.39, 0.29) is 0 Å². The second-order valence-corrected chi connectivity index (χ2v) is 3.04. The lowest BCUT2D eigenvalue weighted by Gasteiger charge is -1.99. The van der Waals surface area contributed by atoms with E-state index >= 15 is 0 Å². The van der Waals surface area contributed by atoms with Gasteiger partial charge in [-0.15, -0.1) is 0 Å². The smallest absolute Gasteiger partial charge is 0.0694 e. The average Bonchev–Trinajstić information content (AvgIpc) is 2.47. The zero-order valence-corrected chi connectivity index (χ0v) is 10.2. The van der Waals surface area contributed by atoms with Gasteiger partial charge >= 0.3 is 0 Å². The zero-order chi connectivity index (χ0) is 11.7. The lowest BCUT2D eigenvalue weighted by Crippen LogP contribution is -1.81. The molecular formula is C14H21N. The van der Waals surface area contributed by atoms with E-state index in [1.54, 1.807) is 0 Å². The van der Waals surface area contributed by atoms with Gasteiger partial charge in [0.25, 0.3) is 0 Å². The molecule has 0 aromatic heterocycles. The van der Waals surface area contributed by atoms with E-state index in [9.17, 15) is 0 Å². The number of hydrogen-bond donors (Lipinski definition) is 0. The fourth-order valence-electron chi connectivity index (χ4n) is 1.02. The third-order valence-corrected chi connectivity index (χ3v) is 1.94. The van der Waals surface area contributed by atoms with Crippen molar-refractivity contribution in [1.29, 1.82) is 0 Å². The average molecular weight is 203 g/mol. The Morgan fingerprint density at radius 1 is 1.47 bits per heavy atom. The summed E-state index contributed by atoms with van der Waals surface area (Å²) in [4.78, 5) is 4.33. The van der Waals surface area contributed by atoms with Crippen LogP contribution in [0.2, 0.25) is 0 Å². The highest BCUT2D eigenvalue weighted by Gasteiger charge is 1.99. The van der Waals surface area contributed by atoms with Crippen molar-refractivity contribution >= 4 is 6.21 Å². The summed E-state index contributed by atoms with van der Waals surface area (Å²) in [7, 11) is 0. The van der Waals surface area contributed by atoms with E-state index in [1.807, 2.05) is 33.1 Å². The van der Waals surface area contributed by atoms with Crippen LogP contribution in [0.3, 0.4) is 0 Å². The Morgan fingerprint density at radius 3 is 2.73 bits per heavy atom. The van der Waals surface area contributed by atoms with Crippen LogP contribution in [-0.2, 0) is 0 Å². The molecule has 0 amide bonds. The summed E-state index contributed by atoms with van der Waals surface area (Å²) in [5.74, 6) is 0. The predicted octanol–water partition coefficient (Wildman–Crippen LogP) is 4.45. The number of allylic oxidation sites excluding steroid dienone is 5. The summed E-state index contributed by atoms with van der Waals surface area (Å²) in [6, 6.07) is 0. The molecule has 0 radical (unpaired) electrons. The van der Waals surface area contributed by atoms with Gasteiger partial charge in [0.15, 0.2) is 0 Å². The van der Waals surface area contributed by atoms with Crippen LogP contribution in [-0.4, -0.2) is 6.21 Å². The summed E-state index contributed by atoms with van der Waals surface area (Å²) >= 11 is 0. The largest absolute Gasteiger partial charge is 0.260 e. The minimum atomic E-state index is 0.894. The van der Waals surface area contributed by atoms with Gasteiger partial charge in [0.1, 0.15) is 0 Å². The van der Waals surface area contributed by atoms with E-state index in [0.717, 1.165) is 17.7 Å². The molecule has 0 unspecified atom stereocenters. The van der Waals surface area contributed by atoms with Gasteiger partial charge in [-0.25, -0.2) is 0 Å². The molecule has 0 saturated heterocycles. The van der Waals surface area contributed by atoms with Crippen molar-refractivity contribution in [2.45, 2.75) is 34.1 Å². The van der Waals surface area contributed by atoms with Crippen LogP contribution in [0.5, 0.6) is 0 Å². The van der Waals surface area contributed by atoms with Gasteiger partial charge in [-0.2, -0.15) is 0 Å². The van der Waals surface area contributed by atoms with Gasteiger partial charge in [-0.1, -0.05) is 44.2 Å². The second-order valence-electron chi connectivity index (χ2n) is 3.04. The van der Waals surface area contributed by atoms with Crippen molar-refractivity contribution in [3.8, 4) is 0 Å². The maximum absolute atomic E-state index is 4.33. The second kappa shape index (κ2) is 7.98. The Morgan fingerprint density at radius 2 is 2.13 bits per heavy atom.